The van der Waals surface area contributed by atoms with Crippen molar-refractivity contribution in [3.05, 3.63) is 63.7 Å². The first kappa shape index (κ1) is 16.7. The normalized spacial score (nSPS) is 20.0. The van der Waals surface area contributed by atoms with E-state index < -0.39 is 0 Å². The van der Waals surface area contributed by atoms with E-state index in [1.807, 2.05) is 24.3 Å². The summed E-state index contributed by atoms with van der Waals surface area (Å²) in [6.07, 6.45) is 5.15. The van der Waals surface area contributed by atoms with Crippen LogP contribution in [0.5, 0.6) is 5.75 Å². The molecule has 1 aliphatic rings. The quantitative estimate of drug-likeness (QED) is 0.708. The van der Waals surface area contributed by atoms with E-state index in [4.69, 9.17) is 21.6 Å². The molecule has 1 aromatic carbocycles. The van der Waals surface area contributed by atoms with E-state index in [1.165, 1.54) is 0 Å². The lowest BCUT2D eigenvalue weighted by Crippen LogP contribution is -2.31. The van der Waals surface area contributed by atoms with Gasteiger partial charge in [0, 0.05) is 12.3 Å². The van der Waals surface area contributed by atoms with Crippen molar-refractivity contribution in [1.29, 1.82) is 5.26 Å². The third kappa shape index (κ3) is 3.06. The predicted octanol–water partition coefficient (Wildman–Crippen LogP) is 3.58. The zero-order valence-corrected chi connectivity index (χ0v) is 14.8. The number of halogens is 1. The highest BCUT2D eigenvalue weighted by Crippen LogP contribution is 2.31. The Kier molecular flexibility index (Phi) is 4.39. The Hall–Kier alpha value is -2.78. The van der Waals surface area contributed by atoms with Crippen LogP contribution in [-0.4, -0.2) is 20.3 Å². The fourth-order valence-electron chi connectivity index (χ4n) is 3.44. The smallest absolute Gasteiger partial charge is 0.350 e. The third-order valence-corrected chi connectivity index (χ3v) is 5.12. The molecule has 2 aromatic heterocycles. The Morgan fingerprint density at radius 1 is 1.19 bits per heavy atom. The van der Waals surface area contributed by atoms with Crippen molar-refractivity contribution in [1.82, 2.24) is 14.2 Å². The topological polar surface area (TPSA) is 72.3 Å². The summed E-state index contributed by atoms with van der Waals surface area (Å²) in [5, 5.41) is 13.8. The minimum absolute atomic E-state index is 0.0722. The summed E-state index contributed by atoms with van der Waals surface area (Å²) in [7, 11) is 0. The van der Waals surface area contributed by atoms with Gasteiger partial charge in [-0.1, -0.05) is 17.7 Å². The van der Waals surface area contributed by atoms with Crippen molar-refractivity contribution in [3.8, 4) is 11.8 Å². The minimum atomic E-state index is -0.0937. The molecule has 0 spiro atoms. The van der Waals surface area contributed by atoms with Crippen LogP contribution in [0.4, 0.5) is 0 Å². The Morgan fingerprint density at radius 3 is 2.69 bits per heavy atom. The number of nitriles is 1. The fourth-order valence-corrected chi connectivity index (χ4v) is 3.65. The summed E-state index contributed by atoms with van der Waals surface area (Å²) < 4.78 is 9.17. The molecule has 1 saturated carbocycles. The Balaban J connectivity index is 1.44. The number of nitrogens with zero attached hydrogens (tertiary/aromatic N) is 4. The van der Waals surface area contributed by atoms with Gasteiger partial charge in [0.2, 0.25) is 0 Å². The number of rotatable bonds is 3. The summed E-state index contributed by atoms with van der Waals surface area (Å²) in [5.41, 5.74) is 1.01. The summed E-state index contributed by atoms with van der Waals surface area (Å²) in [6, 6.07) is 12.8. The van der Waals surface area contributed by atoms with Gasteiger partial charge in [-0.3, -0.25) is 4.40 Å². The summed E-state index contributed by atoms with van der Waals surface area (Å²) in [6.45, 7) is 0. The van der Waals surface area contributed by atoms with Crippen LogP contribution in [0.2, 0.25) is 5.02 Å². The number of hydrogen-bond donors (Lipinski definition) is 0. The van der Waals surface area contributed by atoms with Gasteiger partial charge in [0.05, 0.1) is 22.7 Å². The van der Waals surface area contributed by atoms with Crippen LogP contribution in [0, 0.1) is 11.3 Å². The molecule has 0 aliphatic heterocycles. The molecule has 4 rings (SSSR count). The average Bonchev–Trinajstić information content (AvgIpc) is 3.00. The van der Waals surface area contributed by atoms with E-state index >= 15 is 0 Å². The average molecular weight is 369 g/mol. The number of hydrogen-bond acceptors (Lipinski definition) is 4. The first-order valence-electron chi connectivity index (χ1n) is 8.58. The second-order valence-corrected chi connectivity index (χ2v) is 6.87. The number of pyridine rings is 1. The van der Waals surface area contributed by atoms with Crippen LogP contribution in [0.3, 0.4) is 0 Å². The minimum Gasteiger partial charge on any atom is -0.490 e. The molecular weight excluding hydrogens is 352 g/mol. The molecule has 0 radical (unpaired) electrons. The highest BCUT2D eigenvalue weighted by atomic mass is 35.5. The van der Waals surface area contributed by atoms with Gasteiger partial charge in [0.1, 0.15) is 11.8 Å². The molecule has 0 amide bonds. The van der Waals surface area contributed by atoms with Crippen LogP contribution < -0.4 is 10.4 Å². The molecular formula is C19H17ClN4O2. The lowest BCUT2D eigenvalue weighted by atomic mass is 9.93. The van der Waals surface area contributed by atoms with Gasteiger partial charge in [0.15, 0.2) is 5.65 Å². The summed E-state index contributed by atoms with van der Waals surface area (Å²) in [4.78, 5) is 12.5. The maximum absolute atomic E-state index is 12.5. The molecule has 26 heavy (non-hydrogen) atoms. The molecule has 1 fully saturated rings. The van der Waals surface area contributed by atoms with Crippen LogP contribution in [-0.2, 0) is 0 Å². The molecule has 0 saturated heterocycles. The Bertz CT molecular complexity index is 1040. The molecule has 1 aliphatic carbocycles. The van der Waals surface area contributed by atoms with Crippen molar-refractivity contribution >= 4 is 17.2 Å². The summed E-state index contributed by atoms with van der Waals surface area (Å²) >= 11 is 6.06. The first-order valence-corrected chi connectivity index (χ1v) is 8.96. The lowest BCUT2D eigenvalue weighted by molar-refractivity contribution is 0.128. The molecule has 0 atom stereocenters. The van der Waals surface area contributed by atoms with Crippen LogP contribution in [0.15, 0.2) is 47.4 Å². The highest BCUT2D eigenvalue weighted by molar-refractivity contribution is 6.31. The van der Waals surface area contributed by atoms with E-state index in [0.717, 1.165) is 25.7 Å². The van der Waals surface area contributed by atoms with Gasteiger partial charge < -0.3 is 4.74 Å². The lowest BCUT2D eigenvalue weighted by Gasteiger charge is -2.28. The molecule has 2 heterocycles. The van der Waals surface area contributed by atoms with Crippen molar-refractivity contribution in [2.75, 3.05) is 0 Å². The van der Waals surface area contributed by atoms with Crippen molar-refractivity contribution < 1.29 is 4.74 Å². The van der Waals surface area contributed by atoms with Crippen LogP contribution in [0.25, 0.3) is 5.65 Å². The van der Waals surface area contributed by atoms with E-state index in [2.05, 4.69) is 5.10 Å². The van der Waals surface area contributed by atoms with Gasteiger partial charge >= 0.3 is 5.69 Å². The molecule has 0 bridgehead atoms. The van der Waals surface area contributed by atoms with E-state index in [0.29, 0.717) is 22.0 Å². The van der Waals surface area contributed by atoms with Crippen molar-refractivity contribution in [2.24, 2.45) is 0 Å². The SMILES string of the molecule is N#Cc1ccc(OC2CCC(n3nc4ccccn4c3=O)CC2)cc1Cl. The number of benzene rings is 1. The molecule has 6 nitrogen and oxygen atoms in total. The molecule has 7 heteroatoms. The molecule has 0 N–H and O–H groups in total. The predicted molar refractivity (Wildman–Crippen MR) is 97.5 cm³/mol. The highest BCUT2D eigenvalue weighted by Gasteiger charge is 2.26. The third-order valence-electron chi connectivity index (χ3n) is 4.80. The number of ether oxygens (including phenoxy) is 1. The molecule has 0 unspecified atom stereocenters. The Labute approximate surface area is 155 Å². The molecule has 3 aromatic rings. The summed E-state index contributed by atoms with van der Waals surface area (Å²) in [5.74, 6) is 0.669. The van der Waals surface area contributed by atoms with Crippen LogP contribution in [0.1, 0.15) is 37.3 Å². The van der Waals surface area contributed by atoms with Crippen molar-refractivity contribution in [3.63, 3.8) is 0 Å². The second-order valence-electron chi connectivity index (χ2n) is 6.46. The maximum atomic E-state index is 12.5. The number of aromatic nitrogens is 3. The zero-order chi connectivity index (χ0) is 18.1. The largest absolute Gasteiger partial charge is 0.490 e. The van der Waals surface area contributed by atoms with Crippen LogP contribution >= 0.6 is 11.6 Å². The standard InChI is InChI=1S/C19H17ClN4O2/c20-17-11-16(7-4-13(17)12-21)26-15-8-5-14(6-9-15)24-19(25)23-10-2-1-3-18(23)22-24/h1-4,7,10-11,14-15H,5-6,8-9H2. The number of fused-ring (bicyclic) bond motifs is 1. The van der Waals surface area contributed by atoms with Gasteiger partial charge in [-0.25, -0.2) is 9.48 Å². The van der Waals surface area contributed by atoms with Gasteiger partial charge in [-0.05, 0) is 49.9 Å². The molecule has 132 valence electrons. The van der Waals surface area contributed by atoms with Gasteiger partial charge in [-0.15, -0.1) is 5.10 Å². The maximum Gasteiger partial charge on any atom is 0.350 e. The Morgan fingerprint density at radius 2 is 2.00 bits per heavy atom. The van der Waals surface area contributed by atoms with Gasteiger partial charge in [-0.2, -0.15) is 5.26 Å². The van der Waals surface area contributed by atoms with Crippen molar-refractivity contribution in [2.45, 2.75) is 37.8 Å². The second kappa shape index (κ2) is 6.85. The van der Waals surface area contributed by atoms with E-state index in [-0.39, 0.29) is 17.8 Å². The monoisotopic (exact) mass is 368 g/mol. The van der Waals surface area contributed by atoms with E-state index in [1.54, 1.807) is 33.5 Å². The first-order chi connectivity index (χ1) is 12.7. The zero-order valence-electron chi connectivity index (χ0n) is 14.0. The van der Waals surface area contributed by atoms with E-state index in [9.17, 15) is 4.79 Å². The fraction of sp³-hybridized carbons (Fsp3) is 0.316. The van der Waals surface area contributed by atoms with Gasteiger partial charge in [0.25, 0.3) is 0 Å².